The molecule has 4 heterocycles. The Labute approximate surface area is 260 Å². The Kier molecular flexibility index (Phi) is 7.52. The summed E-state index contributed by atoms with van der Waals surface area (Å²) in [6.45, 7) is 3.87. The number of nitrogens with one attached hydrogen (secondary N) is 1. The van der Waals surface area contributed by atoms with Crippen LogP contribution >= 0.6 is 27.7 Å². The lowest BCUT2D eigenvalue weighted by Crippen LogP contribution is -2.44. The van der Waals surface area contributed by atoms with Crippen LogP contribution in [0.15, 0.2) is 87.2 Å². The monoisotopic (exact) mass is 655 g/mol. The van der Waals surface area contributed by atoms with Gasteiger partial charge in [-0.25, -0.2) is 9.78 Å². The van der Waals surface area contributed by atoms with Gasteiger partial charge in [-0.1, -0.05) is 77.1 Å². The summed E-state index contributed by atoms with van der Waals surface area (Å²) in [6.07, 6.45) is 2.11. The maximum Gasteiger partial charge on any atom is 0.326 e. The van der Waals surface area contributed by atoms with Crippen molar-refractivity contribution in [1.29, 1.82) is 0 Å². The molecule has 1 unspecified atom stereocenters. The van der Waals surface area contributed by atoms with E-state index in [0.29, 0.717) is 31.2 Å². The van der Waals surface area contributed by atoms with Crippen LogP contribution in [0.2, 0.25) is 0 Å². The highest BCUT2D eigenvalue weighted by atomic mass is 79.9. The summed E-state index contributed by atoms with van der Waals surface area (Å²) in [5.74, 6) is 0.0799. The second-order valence-electron chi connectivity index (χ2n) is 10.9. The molecule has 1 aliphatic rings. The van der Waals surface area contributed by atoms with Gasteiger partial charge in [-0.3, -0.25) is 9.36 Å². The second kappa shape index (κ2) is 11.6. The molecule has 43 heavy (non-hydrogen) atoms. The van der Waals surface area contributed by atoms with Crippen LogP contribution in [0, 0.1) is 0 Å². The molecule has 0 bridgehead atoms. The van der Waals surface area contributed by atoms with Crippen LogP contribution in [-0.4, -0.2) is 58.4 Å². The standard InChI is InChI=1S/C32H30BrN7O2S/c1-2-27(30(41)38-17-15-22(16-18-38)40-26-10-6-4-8-24(26)34-32(40)42)43-31-35-29-28(36-37-31)23-7-3-5-9-25(23)39(29)19-20-11-13-21(33)14-12-20/h3-14,22,27H,2,15-19H2,1H3,(H,34,42). The van der Waals surface area contributed by atoms with E-state index in [-0.39, 0.29) is 22.9 Å². The van der Waals surface area contributed by atoms with E-state index in [1.54, 1.807) is 0 Å². The number of piperidine rings is 1. The van der Waals surface area contributed by atoms with Gasteiger partial charge in [-0.05, 0) is 55.2 Å². The molecule has 1 fully saturated rings. The molecule has 0 radical (unpaired) electrons. The second-order valence-corrected chi connectivity index (χ2v) is 13.0. The minimum Gasteiger partial charge on any atom is -0.342 e. The molecule has 0 saturated carbocycles. The summed E-state index contributed by atoms with van der Waals surface area (Å²) in [6, 6.07) is 24.2. The third kappa shape index (κ3) is 5.25. The average molecular weight is 657 g/mol. The highest BCUT2D eigenvalue weighted by Gasteiger charge is 2.30. The van der Waals surface area contributed by atoms with Crippen LogP contribution in [0.5, 0.6) is 0 Å². The molecule has 1 saturated heterocycles. The average Bonchev–Trinajstić information content (AvgIpc) is 3.54. The van der Waals surface area contributed by atoms with E-state index in [9.17, 15) is 9.59 Å². The lowest BCUT2D eigenvalue weighted by atomic mass is 10.0. The number of thioether (sulfide) groups is 1. The summed E-state index contributed by atoms with van der Waals surface area (Å²) >= 11 is 4.90. The summed E-state index contributed by atoms with van der Waals surface area (Å²) in [5.41, 5.74) is 5.38. The number of hydrogen-bond donors (Lipinski definition) is 1. The molecule has 1 N–H and O–H groups in total. The van der Waals surface area contributed by atoms with Crippen LogP contribution in [-0.2, 0) is 11.3 Å². The van der Waals surface area contributed by atoms with Gasteiger partial charge in [0.05, 0.1) is 21.8 Å². The maximum atomic E-state index is 13.7. The van der Waals surface area contributed by atoms with E-state index >= 15 is 0 Å². The number of likely N-dealkylation sites (tertiary alicyclic amines) is 1. The molecule has 218 valence electrons. The molecule has 9 nitrogen and oxygen atoms in total. The van der Waals surface area contributed by atoms with E-state index in [1.807, 2.05) is 71.0 Å². The van der Waals surface area contributed by atoms with Gasteiger partial charge in [0, 0.05) is 35.5 Å². The molecule has 3 aromatic heterocycles. The van der Waals surface area contributed by atoms with Crippen molar-refractivity contribution >= 4 is 66.7 Å². The van der Waals surface area contributed by atoms with Gasteiger partial charge in [0.15, 0.2) is 5.65 Å². The van der Waals surface area contributed by atoms with Crippen molar-refractivity contribution in [2.24, 2.45) is 0 Å². The van der Waals surface area contributed by atoms with Gasteiger partial charge in [0.1, 0.15) is 5.52 Å². The Morgan fingerprint density at radius 1 is 1.00 bits per heavy atom. The van der Waals surface area contributed by atoms with Crippen molar-refractivity contribution in [2.45, 2.75) is 49.2 Å². The summed E-state index contributed by atoms with van der Waals surface area (Å²) in [5, 5.41) is 10.2. The Bertz CT molecular complexity index is 2010. The lowest BCUT2D eigenvalue weighted by Gasteiger charge is -2.34. The summed E-state index contributed by atoms with van der Waals surface area (Å²) in [4.78, 5) is 36.2. The largest absolute Gasteiger partial charge is 0.342 e. The lowest BCUT2D eigenvalue weighted by molar-refractivity contribution is -0.131. The zero-order chi connectivity index (χ0) is 29.5. The number of aromatic nitrogens is 6. The smallest absolute Gasteiger partial charge is 0.326 e. The van der Waals surface area contributed by atoms with Gasteiger partial charge in [-0.2, -0.15) is 0 Å². The number of nitrogens with zero attached hydrogens (tertiary/aromatic N) is 6. The SMILES string of the molecule is CCC(Sc1nnc2c3ccccc3n(Cc3ccc(Br)cc3)c2n1)C(=O)N1CCC(n2c(=O)[nH]c3ccccc32)CC1. The van der Waals surface area contributed by atoms with E-state index in [1.165, 1.54) is 11.8 Å². The highest BCUT2D eigenvalue weighted by Crippen LogP contribution is 2.32. The van der Waals surface area contributed by atoms with Crippen LogP contribution in [0.25, 0.3) is 33.1 Å². The fourth-order valence-electron chi connectivity index (χ4n) is 6.09. The number of halogens is 1. The van der Waals surface area contributed by atoms with E-state index in [4.69, 9.17) is 4.98 Å². The normalized spacial score (nSPS) is 15.1. The molecule has 1 atom stereocenters. The van der Waals surface area contributed by atoms with E-state index in [0.717, 1.165) is 56.0 Å². The molecule has 1 amide bonds. The van der Waals surface area contributed by atoms with Crippen LogP contribution in [0.3, 0.4) is 0 Å². The van der Waals surface area contributed by atoms with Gasteiger partial charge >= 0.3 is 5.69 Å². The van der Waals surface area contributed by atoms with Gasteiger partial charge < -0.3 is 14.5 Å². The number of imidazole rings is 1. The predicted molar refractivity (Wildman–Crippen MR) is 173 cm³/mol. The number of fused-ring (bicyclic) bond motifs is 4. The number of para-hydroxylation sites is 3. The van der Waals surface area contributed by atoms with Gasteiger partial charge in [-0.15, -0.1) is 10.2 Å². The summed E-state index contributed by atoms with van der Waals surface area (Å²) < 4.78 is 5.06. The van der Waals surface area contributed by atoms with Crippen molar-refractivity contribution in [3.05, 3.63) is 93.3 Å². The molecule has 0 aliphatic carbocycles. The number of amides is 1. The van der Waals surface area contributed by atoms with Gasteiger partial charge in [0.2, 0.25) is 11.1 Å². The molecular weight excluding hydrogens is 626 g/mol. The predicted octanol–water partition coefficient (Wildman–Crippen LogP) is 6.17. The number of rotatable bonds is 7. The summed E-state index contributed by atoms with van der Waals surface area (Å²) in [7, 11) is 0. The minimum absolute atomic E-state index is 0.0583. The molecule has 7 rings (SSSR count). The number of carbonyl (C=O) groups excluding carboxylic acids is 1. The first-order chi connectivity index (χ1) is 21.0. The van der Waals surface area contributed by atoms with Crippen molar-refractivity contribution in [3.63, 3.8) is 0 Å². The highest BCUT2D eigenvalue weighted by molar-refractivity contribution is 9.10. The fraction of sp³-hybridized carbons (Fsp3) is 0.281. The first-order valence-corrected chi connectivity index (χ1v) is 16.2. The fourth-order valence-corrected chi connectivity index (χ4v) is 7.25. The Hall–Kier alpha value is -3.96. The zero-order valence-corrected chi connectivity index (χ0v) is 26.0. The molecule has 0 spiro atoms. The number of hydrogen-bond acceptors (Lipinski definition) is 6. The van der Waals surface area contributed by atoms with E-state index < -0.39 is 0 Å². The molecule has 6 aromatic rings. The topological polar surface area (TPSA) is 102 Å². The molecule has 1 aliphatic heterocycles. The number of carbonyl (C=O) groups is 1. The first kappa shape index (κ1) is 27.8. The molecule has 3 aromatic carbocycles. The molecular formula is C32H30BrN7O2S. The first-order valence-electron chi connectivity index (χ1n) is 14.5. The third-order valence-corrected chi connectivity index (χ3v) is 10.00. The van der Waals surface area contributed by atoms with Crippen molar-refractivity contribution in [1.82, 2.24) is 34.2 Å². The van der Waals surface area contributed by atoms with Crippen molar-refractivity contribution < 1.29 is 4.79 Å². The Morgan fingerprint density at radius 3 is 2.49 bits per heavy atom. The van der Waals surface area contributed by atoms with Gasteiger partial charge in [0.25, 0.3) is 0 Å². The van der Waals surface area contributed by atoms with Crippen molar-refractivity contribution in [3.8, 4) is 0 Å². The van der Waals surface area contributed by atoms with Crippen LogP contribution in [0.4, 0.5) is 0 Å². The van der Waals surface area contributed by atoms with Crippen LogP contribution in [0.1, 0.15) is 37.8 Å². The quantitative estimate of drug-likeness (QED) is 0.207. The van der Waals surface area contributed by atoms with E-state index in [2.05, 4.69) is 53.9 Å². The maximum absolute atomic E-state index is 13.7. The van der Waals surface area contributed by atoms with Crippen molar-refractivity contribution in [2.75, 3.05) is 13.1 Å². The third-order valence-electron chi connectivity index (χ3n) is 8.27. The zero-order valence-electron chi connectivity index (χ0n) is 23.6. The number of benzene rings is 3. The Morgan fingerprint density at radius 2 is 1.72 bits per heavy atom. The minimum atomic E-state index is -0.323. The number of H-pyrrole nitrogens is 1. The van der Waals surface area contributed by atoms with Crippen LogP contribution < -0.4 is 5.69 Å². The Balaban J connectivity index is 1.11. The number of aromatic amines is 1. The molecule has 11 heteroatoms.